The minimum absolute atomic E-state index is 0.246. The number of ether oxygens (including phenoxy) is 8. The molecule has 0 amide bonds. The molecule has 15 atom stereocenters. The van der Waals surface area contributed by atoms with Gasteiger partial charge in [-0.1, -0.05) is 13.8 Å². The van der Waals surface area contributed by atoms with Crippen LogP contribution in [0.1, 0.15) is 72.5 Å². The zero-order chi connectivity index (χ0) is 37.8. The van der Waals surface area contributed by atoms with Crippen molar-refractivity contribution in [3.05, 3.63) is 24.2 Å². The van der Waals surface area contributed by atoms with Gasteiger partial charge in [0.1, 0.15) is 35.6 Å². The van der Waals surface area contributed by atoms with Gasteiger partial charge in [-0.2, -0.15) is 0 Å². The maximum absolute atomic E-state index is 13.8. The highest BCUT2D eigenvalue weighted by molar-refractivity contribution is 5.74. The zero-order valence-corrected chi connectivity index (χ0v) is 29.7. The van der Waals surface area contributed by atoms with Crippen LogP contribution in [-0.2, 0) is 61.9 Å². The number of aliphatic hydroxyl groups is 3. The number of hydrogen-bond acceptors (Lipinski definition) is 17. The molecule has 1 aromatic heterocycles. The molecule has 7 aliphatic rings. The summed E-state index contributed by atoms with van der Waals surface area (Å²) >= 11 is 0. The molecule has 4 aliphatic carbocycles. The molecule has 17 heteroatoms. The largest absolute Gasteiger partial charge is 0.472 e. The first kappa shape index (κ1) is 35.4. The Morgan fingerprint density at radius 1 is 0.942 bits per heavy atom. The first-order chi connectivity index (χ1) is 24.2. The van der Waals surface area contributed by atoms with Crippen molar-refractivity contribution in [3.8, 4) is 0 Å². The third-order valence-corrected chi connectivity index (χ3v) is 13.8. The lowest BCUT2D eigenvalue weighted by Gasteiger charge is -2.78. The highest BCUT2D eigenvalue weighted by Crippen LogP contribution is 2.89. The SMILES string of the molecule is COC(=O)CC1C2(C)CC34OC5(C)OC6(C7CC(=O)OC(c8ccoc8)C7(C)C(OC(C)=O)C(OC(C)=O)C6(O5)C13COC(C)=O)C(O)C4(O)C2O. The number of hydrogen-bond donors (Lipinski definition) is 3. The van der Waals surface area contributed by atoms with Crippen molar-refractivity contribution in [1.82, 2.24) is 0 Å². The van der Waals surface area contributed by atoms with E-state index in [0.717, 1.165) is 27.9 Å². The van der Waals surface area contributed by atoms with E-state index >= 15 is 0 Å². The Morgan fingerprint density at radius 3 is 2.21 bits per heavy atom. The fourth-order valence-corrected chi connectivity index (χ4v) is 12.6. The Labute approximate surface area is 297 Å². The molecule has 0 radical (unpaired) electrons. The summed E-state index contributed by atoms with van der Waals surface area (Å²) in [6.07, 6.45) is -7.33. The van der Waals surface area contributed by atoms with Crippen LogP contribution in [0.3, 0.4) is 0 Å². The molecule has 4 bridgehead atoms. The van der Waals surface area contributed by atoms with Gasteiger partial charge in [-0.3, -0.25) is 24.0 Å². The van der Waals surface area contributed by atoms with Crippen molar-refractivity contribution in [2.45, 2.75) is 120 Å². The molecule has 3 aliphatic heterocycles. The minimum atomic E-state index is -2.66. The van der Waals surface area contributed by atoms with Crippen molar-refractivity contribution in [2.75, 3.05) is 13.7 Å². The van der Waals surface area contributed by atoms with E-state index in [4.69, 9.17) is 42.3 Å². The highest BCUT2D eigenvalue weighted by Gasteiger charge is 3.06. The predicted molar refractivity (Wildman–Crippen MR) is 164 cm³/mol. The number of cyclic esters (lactones) is 1. The number of rotatable bonds is 7. The molecule has 3 N–H and O–H groups in total. The number of carbonyl (C=O) groups excluding carboxylic acids is 5. The minimum Gasteiger partial charge on any atom is -0.472 e. The Morgan fingerprint density at radius 2 is 1.62 bits per heavy atom. The van der Waals surface area contributed by atoms with E-state index in [-0.39, 0.29) is 6.42 Å². The van der Waals surface area contributed by atoms with Crippen molar-refractivity contribution in [1.29, 1.82) is 0 Å². The lowest BCUT2D eigenvalue weighted by atomic mass is 9.32. The van der Waals surface area contributed by atoms with Crippen molar-refractivity contribution >= 4 is 29.8 Å². The van der Waals surface area contributed by atoms with Gasteiger partial charge in [-0.15, -0.1) is 0 Å². The lowest BCUT2D eigenvalue weighted by molar-refractivity contribution is -0.497. The summed E-state index contributed by atoms with van der Waals surface area (Å²) < 4.78 is 55.3. The molecule has 1 aromatic rings. The van der Waals surface area contributed by atoms with E-state index in [1.54, 1.807) is 13.8 Å². The molecule has 4 heterocycles. The number of aliphatic hydroxyl groups excluding tert-OH is 2. The molecule has 3 saturated heterocycles. The maximum atomic E-state index is 13.8. The Hall–Kier alpha value is -3.61. The van der Waals surface area contributed by atoms with E-state index in [1.165, 1.54) is 25.5 Å². The van der Waals surface area contributed by atoms with Gasteiger partial charge in [0.05, 0.1) is 43.0 Å². The lowest BCUT2D eigenvalue weighted by Crippen LogP contribution is -2.98. The standard InChI is InChI=1S/C35H42O17/c1-15(36)46-14-31-19(10-21(39)44-7)28(4)13-32(31)33(43,26(28)41)27(42)34-20-11-22(40)49-23(18-8-9-45-12-18)29(20,5)24(47-16(2)37)25(48-17(3)38)35(31,34)52-30(6,50-32)51-34/h8-9,12,19-20,23-27,41-43H,10-11,13-14H2,1-7H3. The molecule has 2 spiro atoms. The van der Waals surface area contributed by atoms with E-state index < -0.39 is 136 Å². The molecular formula is C35H42O17. The molecule has 52 heavy (non-hydrogen) atoms. The Bertz CT molecular complexity index is 1780. The smallest absolute Gasteiger partial charge is 0.306 e. The van der Waals surface area contributed by atoms with E-state index in [9.17, 15) is 39.3 Å². The van der Waals surface area contributed by atoms with Crippen LogP contribution < -0.4 is 0 Å². The van der Waals surface area contributed by atoms with Crippen LogP contribution >= 0.6 is 0 Å². The van der Waals surface area contributed by atoms with Crippen LogP contribution in [-0.4, -0.2) is 112 Å². The fourth-order valence-electron chi connectivity index (χ4n) is 12.6. The normalized spacial score (nSPS) is 51.6. The molecule has 4 saturated carbocycles. The summed E-state index contributed by atoms with van der Waals surface area (Å²) in [5.74, 6) is -8.85. The quantitative estimate of drug-likeness (QED) is 0.253. The summed E-state index contributed by atoms with van der Waals surface area (Å²) in [6.45, 7) is 7.23. The molecular weight excluding hydrogens is 692 g/mol. The number of fused-ring (bicyclic) bond motifs is 3. The van der Waals surface area contributed by atoms with Crippen LogP contribution in [0.5, 0.6) is 0 Å². The molecule has 8 rings (SSSR count). The third-order valence-electron chi connectivity index (χ3n) is 13.8. The maximum Gasteiger partial charge on any atom is 0.306 e. The van der Waals surface area contributed by atoms with Crippen molar-refractivity contribution in [2.24, 2.45) is 28.1 Å². The monoisotopic (exact) mass is 734 g/mol. The molecule has 15 unspecified atom stereocenters. The van der Waals surface area contributed by atoms with Gasteiger partial charge in [0, 0.05) is 51.0 Å². The number of methoxy groups -OCH3 is 1. The second-order valence-electron chi connectivity index (χ2n) is 16.0. The highest BCUT2D eigenvalue weighted by atomic mass is 16.9. The summed E-state index contributed by atoms with van der Waals surface area (Å²) in [7, 11) is 1.16. The molecule has 0 aromatic carbocycles. The van der Waals surface area contributed by atoms with Gasteiger partial charge in [-0.25, -0.2) is 0 Å². The summed E-state index contributed by atoms with van der Waals surface area (Å²) in [6, 6.07) is 1.52. The van der Waals surface area contributed by atoms with Crippen LogP contribution in [0, 0.1) is 28.1 Å². The fraction of sp³-hybridized carbons (Fsp3) is 0.743. The van der Waals surface area contributed by atoms with Crippen LogP contribution in [0.2, 0.25) is 0 Å². The van der Waals surface area contributed by atoms with Crippen molar-refractivity contribution < 1.29 is 81.6 Å². The van der Waals surface area contributed by atoms with Crippen LogP contribution in [0.25, 0.3) is 0 Å². The van der Waals surface area contributed by atoms with E-state index in [1.807, 2.05) is 0 Å². The predicted octanol–water partition coefficient (Wildman–Crippen LogP) is 0.353. The number of furan rings is 1. The van der Waals surface area contributed by atoms with E-state index in [2.05, 4.69) is 0 Å². The number of carbonyl (C=O) groups is 5. The molecule has 17 nitrogen and oxygen atoms in total. The van der Waals surface area contributed by atoms with Gasteiger partial charge < -0.3 is 57.6 Å². The first-order valence-electron chi connectivity index (χ1n) is 17.2. The zero-order valence-electron chi connectivity index (χ0n) is 29.7. The van der Waals surface area contributed by atoms with E-state index in [0.29, 0.717) is 5.56 Å². The van der Waals surface area contributed by atoms with Crippen LogP contribution in [0.15, 0.2) is 23.0 Å². The average molecular weight is 735 g/mol. The van der Waals surface area contributed by atoms with Gasteiger partial charge in [-0.05, 0) is 18.4 Å². The summed E-state index contributed by atoms with van der Waals surface area (Å²) in [5.41, 5.74) is -14.6. The topological polar surface area (TPSA) is 233 Å². The summed E-state index contributed by atoms with van der Waals surface area (Å²) in [4.78, 5) is 66.7. The second kappa shape index (κ2) is 10.3. The average Bonchev–Trinajstić information content (AvgIpc) is 3.76. The Balaban J connectivity index is 1.55. The van der Waals surface area contributed by atoms with Gasteiger partial charge in [0.15, 0.2) is 17.8 Å². The van der Waals surface area contributed by atoms with Crippen LogP contribution in [0.4, 0.5) is 0 Å². The third kappa shape index (κ3) is 3.49. The van der Waals surface area contributed by atoms with Gasteiger partial charge >= 0.3 is 29.8 Å². The number of esters is 5. The molecule has 7 fully saturated rings. The van der Waals surface area contributed by atoms with Gasteiger partial charge in [0.25, 0.3) is 5.97 Å². The first-order valence-corrected chi connectivity index (χ1v) is 17.2. The van der Waals surface area contributed by atoms with Crippen molar-refractivity contribution in [3.63, 3.8) is 0 Å². The molecule has 284 valence electrons. The van der Waals surface area contributed by atoms with Gasteiger partial charge in [0.2, 0.25) is 0 Å². The Kier molecular flexibility index (Phi) is 7.03. The second-order valence-corrected chi connectivity index (χ2v) is 16.0. The summed E-state index contributed by atoms with van der Waals surface area (Å²) in [5, 5.41) is 38.7.